The minimum atomic E-state index is 0. The number of thiocarbonyl (C=S) groups is 6. The molecule has 20 heteroatoms. The number of H-pyrrole nitrogens is 3. The van der Waals surface area contributed by atoms with Crippen molar-refractivity contribution in [3.05, 3.63) is 106 Å². The number of nitrogens with one attached hydrogen (secondary N) is 3. The van der Waals surface area contributed by atoms with Gasteiger partial charge in [-0.1, -0.05) is 73.3 Å². The number of anilines is 3. The van der Waals surface area contributed by atoms with Crippen LogP contribution in [0, 0.1) is 0 Å². The summed E-state index contributed by atoms with van der Waals surface area (Å²) in [5.74, 6) is 0. The van der Waals surface area contributed by atoms with Crippen LogP contribution in [0.15, 0.2) is 73.6 Å². The molecule has 0 unspecified atom stereocenters. The zero-order chi connectivity index (χ0) is 36.3. The van der Waals surface area contributed by atoms with Crippen molar-refractivity contribution in [2.24, 2.45) is 0 Å². The number of hydrogen-bond acceptors (Lipinski definition) is 9. The van der Waals surface area contributed by atoms with Gasteiger partial charge in [0.15, 0.2) is 37.2 Å². The van der Waals surface area contributed by atoms with Gasteiger partial charge in [0.1, 0.15) is 0 Å². The van der Waals surface area contributed by atoms with Gasteiger partial charge in [0.25, 0.3) is 0 Å². The smallest absolute Gasteiger partial charge is 0.753 e. The van der Waals surface area contributed by atoms with Gasteiger partial charge in [-0.15, -0.1) is 0 Å². The summed E-state index contributed by atoms with van der Waals surface area (Å²) in [5.41, 5.74) is 3.65. The van der Waals surface area contributed by atoms with Gasteiger partial charge in [0.05, 0.1) is 0 Å². The quantitative estimate of drug-likeness (QED) is 0.201. The first-order valence-electron chi connectivity index (χ1n) is 11.4. The Morgan fingerprint density at radius 3 is 0.574 bits per heavy atom. The summed E-state index contributed by atoms with van der Waals surface area (Å²) in [6.45, 7) is 0. The number of isothiocyanates is 6. The Hall–Kier alpha value is -3.87. The molecule has 3 rings (SSSR count). The van der Waals surface area contributed by atoms with E-state index in [4.69, 9.17) is 32.5 Å². The van der Waals surface area contributed by atoms with Gasteiger partial charge in [-0.2, -0.15) is 31.0 Å². The Morgan fingerprint density at radius 1 is 0.404 bits per heavy atom. The Kier molecular flexibility index (Phi) is 76.2. The maximum Gasteiger partial charge on any atom is 3.00 e. The van der Waals surface area contributed by atoms with E-state index in [1.807, 2.05) is 116 Å². The summed E-state index contributed by atoms with van der Waals surface area (Å²) >= 11 is 22.2. The molecule has 0 saturated carbocycles. The van der Waals surface area contributed by atoms with Crippen molar-refractivity contribution in [3.63, 3.8) is 0 Å². The molecule has 0 amide bonds. The summed E-state index contributed by atoms with van der Waals surface area (Å²) in [6, 6.07) is 12.2. The van der Waals surface area contributed by atoms with Crippen LogP contribution in [0.1, 0.15) is 0 Å². The average molecular weight is 792 g/mol. The standard InChI is InChI=1S/3C7H10N2.6CNS.Fe.H2O/c3*1-9(2)7-3-5-8-6-4-7;6*2-1-3;;/h3*3-6H,1-2H3;;;;;;;;1H2/q;;;6*-1;+3;/p+3. The summed E-state index contributed by atoms with van der Waals surface area (Å²) in [5, 5.41) is 50.8. The van der Waals surface area contributed by atoms with Gasteiger partial charge in [-0.25, -0.2) is 15.0 Å². The van der Waals surface area contributed by atoms with Crippen LogP contribution in [0.25, 0.3) is 32.5 Å². The molecular formula is C27H35FeN12OS6. The molecule has 3 aromatic heterocycles. The van der Waals surface area contributed by atoms with Crippen molar-refractivity contribution < 1.29 is 37.5 Å². The molecule has 0 aliphatic carbocycles. The second kappa shape index (κ2) is 57.7. The first-order chi connectivity index (χ1) is 21.4. The number of aromatic nitrogens is 3. The third kappa shape index (κ3) is 65.7. The molecule has 3 heterocycles. The van der Waals surface area contributed by atoms with E-state index in [9.17, 15) is 0 Å². The zero-order valence-electron chi connectivity index (χ0n) is 26.3. The predicted molar refractivity (Wildman–Crippen MR) is 211 cm³/mol. The minimum Gasteiger partial charge on any atom is -0.753 e. The maximum atomic E-state index is 7.13. The summed E-state index contributed by atoms with van der Waals surface area (Å²) in [4.78, 5) is 15.1. The van der Waals surface area contributed by atoms with Gasteiger partial charge in [-0.3, -0.25) is 0 Å². The van der Waals surface area contributed by atoms with Crippen molar-refractivity contribution >= 4 is 121 Å². The molecule has 0 atom stereocenters. The maximum absolute atomic E-state index is 7.13. The predicted octanol–water partition coefficient (Wildman–Crippen LogP) is 4.82. The third-order valence-electron chi connectivity index (χ3n) is 3.65. The average Bonchev–Trinajstić information content (AvgIpc) is 3.02. The molecule has 0 aliphatic rings. The Balaban J connectivity index is -0.0000000639. The Morgan fingerprint density at radius 2 is 0.511 bits per heavy atom. The molecular weight excluding hydrogens is 757 g/mol. The van der Waals surface area contributed by atoms with Crippen molar-refractivity contribution in [1.82, 2.24) is 0 Å². The van der Waals surface area contributed by atoms with Crippen LogP contribution < -0.4 is 29.7 Å². The van der Waals surface area contributed by atoms with Crippen LogP contribution >= 0.6 is 73.3 Å². The fourth-order valence-electron chi connectivity index (χ4n) is 2.03. The van der Waals surface area contributed by atoms with Crippen molar-refractivity contribution in [2.45, 2.75) is 0 Å². The monoisotopic (exact) mass is 791 g/mol. The molecule has 0 spiro atoms. The first-order valence-corrected chi connectivity index (χ1v) is 13.8. The molecule has 47 heavy (non-hydrogen) atoms. The van der Waals surface area contributed by atoms with Crippen LogP contribution in [-0.4, -0.2) is 78.7 Å². The van der Waals surface area contributed by atoms with E-state index < -0.39 is 0 Å². The van der Waals surface area contributed by atoms with E-state index >= 15 is 0 Å². The van der Waals surface area contributed by atoms with Crippen LogP contribution in [0.4, 0.5) is 17.1 Å². The molecule has 13 nitrogen and oxygen atoms in total. The Labute approximate surface area is 319 Å². The Bertz CT molecular complexity index is 1070. The largest absolute Gasteiger partial charge is 3.00 e. The molecule has 5 N–H and O–H groups in total. The normalized spacial score (nSPS) is 6.26. The third-order valence-corrected chi connectivity index (χ3v) is 3.65. The summed E-state index contributed by atoms with van der Waals surface area (Å²) < 4.78 is 0. The van der Waals surface area contributed by atoms with Gasteiger partial charge < -0.3 is 52.6 Å². The molecule has 0 aliphatic heterocycles. The molecule has 0 bridgehead atoms. The molecule has 0 aromatic carbocycles. The second-order valence-corrected chi connectivity index (χ2v) is 8.10. The number of rotatable bonds is 3. The van der Waals surface area contributed by atoms with Crippen molar-refractivity contribution in [1.29, 1.82) is 0 Å². The van der Waals surface area contributed by atoms with Crippen molar-refractivity contribution in [3.8, 4) is 0 Å². The van der Waals surface area contributed by atoms with Crippen LogP contribution in [-0.2, 0) is 17.1 Å². The van der Waals surface area contributed by atoms with E-state index in [1.54, 1.807) is 0 Å². The second-order valence-electron chi connectivity index (χ2n) is 7.01. The van der Waals surface area contributed by atoms with Crippen LogP contribution in [0.5, 0.6) is 0 Å². The molecule has 253 valence electrons. The van der Waals surface area contributed by atoms with E-state index in [0.29, 0.717) is 0 Å². The number of hydrogen-bond donors (Lipinski definition) is 0. The fraction of sp³-hybridized carbons (Fsp3) is 0.222. The number of nitrogens with zero attached hydrogens (tertiary/aromatic N) is 9. The van der Waals surface area contributed by atoms with Crippen molar-refractivity contribution in [2.75, 3.05) is 57.0 Å². The van der Waals surface area contributed by atoms with Gasteiger partial charge in [0, 0.05) is 95.7 Å². The number of aromatic amines is 3. The summed E-state index contributed by atoms with van der Waals surface area (Å²) in [7, 11) is 12.1. The first kappa shape index (κ1) is 62.0. The minimum absolute atomic E-state index is 0. The summed E-state index contributed by atoms with van der Waals surface area (Å²) in [6.07, 6.45) is 11.5. The molecule has 3 aromatic rings. The van der Waals surface area contributed by atoms with Gasteiger partial charge in [0.2, 0.25) is 0 Å². The van der Waals surface area contributed by atoms with E-state index in [1.165, 1.54) is 48.0 Å². The van der Waals surface area contributed by atoms with Crippen LogP contribution in [0.2, 0.25) is 0 Å². The number of pyridine rings is 3. The molecule has 0 saturated heterocycles. The van der Waals surface area contributed by atoms with E-state index in [0.717, 1.165) is 0 Å². The fourth-order valence-corrected chi connectivity index (χ4v) is 2.03. The van der Waals surface area contributed by atoms with Crippen LogP contribution in [0.3, 0.4) is 0 Å². The van der Waals surface area contributed by atoms with Gasteiger partial charge in [-0.05, 0) is 0 Å². The molecule has 1 radical (unpaired) electrons. The van der Waals surface area contributed by atoms with Gasteiger partial charge >= 0.3 is 17.1 Å². The zero-order valence-corrected chi connectivity index (χ0v) is 32.3. The van der Waals surface area contributed by atoms with E-state index in [-0.39, 0.29) is 22.5 Å². The van der Waals surface area contributed by atoms with E-state index in [2.05, 4.69) is 103 Å². The SMILES string of the molecule is CN(C)c1cc[nH+]cc1.CN(C)c1cc[nH+]cc1.CN(C)c1cc[nH+]cc1.O.[Fe+3].[N-]=C=S.[N-]=C=S.[N-]=C=S.[N-]=C=S.[N-]=C=S.[N-]=C=S. The topological polar surface area (TPSA) is 217 Å². The molecule has 0 fully saturated rings.